The first kappa shape index (κ1) is 16.8. The highest BCUT2D eigenvalue weighted by atomic mass is 79.9. The molecule has 3 rings (SSSR count). The molecule has 0 radical (unpaired) electrons. The molecule has 2 aliphatic heterocycles. The number of carbonyl (C=O) groups excluding carboxylic acids is 1. The molecule has 8 heteroatoms. The van der Waals surface area contributed by atoms with Crippen LogP contribution < -0.4 is 0 Å². The number of hydrogen-bond acceptors (Lipinski definition) is 4. The van der Waals surface area contributed by atoms with Gasteiger partial charge >= 0.3 is 5.97 Å². The predicted octanol–water partition coefficient (Wildman–Crippen LogP) is 2.44. The molecule has 2 heterocycles. The molecule has 0 bridgehead atoms. The predicted molar refractivity (Wildman–Crippen MR) is 88.5 cm³/mol. The Morgan fingerprint density at radius 1 is 1.43 bits per heavy atom. The second-order valence-corrected chi connectivity index (χ2v) is 6.81. The highest BCUT2D eigenvalue weighted by molar-refractivity contribution is 9.09. The fourth-order valence-corrected chi connectivity index (χ4v) is 4.92. The van der Waals surface area contributed by atoms with Crippen molar-refractivity contribution in [2.75, 3.05) is 11.1 Å². The van der Waals surface area contributed by atoms with Crippen LogP contribution in [-0.2, 0) is 9.59 Å². The van der Waals surface area contributed by atoms with Gasteiger partial charge in [-0.05, 0) is 31.3 Å². The number of carbonyl (C=O) groups is 2. The van der Waals surface area contributed by atoms with Crippen LogP contribution in [0.4, 0.5) is 0 Å². The molecule has 116 valence electrons. The first-order chi connectivity index (χ1) is 9.63. The van der Waals surface area contributed by atoms with Crippen LogP contribution in [0.1, 0.15) is 25.7 Å². The molecule has 0 aromatic rings. The minimum Gasteiger partial charge on any atom is -0.477 e. The molecule has 3 aliphatic rings. The maximum atomic E-state index is 12.3. The van der Waals surface area contributed by atoms with Gasteiger partial charge in [0, 0.05) is 16.8 Å². The number of carboxylic acid groups (broad SMARTS) is 1. The summed E-state index contributed by atoms with van der Waals surface area (Å²) in [6, 6.07) is -0.376. The summed E-state index contributed by atoms with van der Waals surface area (Å²) in [6.45, 7) is 0. The molecule has 1 N–H and O–H groups in total. The van der Waals surface area contributed by atoms with Crippen LogP contribution in [0.25, 0.3) is 0 Å². The average Bonchev–Trinajstić information content (AvgIpc) is 2.95. The number of nitrogens with zero attached hydrogens (tertiary/aromatic N) is 2. The zero-order chi connectivity index (χ0) is 14.3. The Labute approximate surface area is 141 Å². The highest BCUT2D eigenvalue weighted by Crippen LogP contribution is 2.42. The number of halogens is 2. The normalized spacial score (nSPS) is 28.0. The van der Waals surface area contributed by atoms with Crippen molar-refractivity contribution in [2.45, 2.75) is 37.1 Å². The van der Waals surface area contributed by atoms with Crippen LogP contribution in [-0.4, -0.2) is 50.1 Å². The Hall–Kier alpha value is -0.530. The van der Waals surface area contributed by atoms with E-state index in [0.29, 0.717) is 11.1 Å². The Morgan fingerprint density at radius 2 is 2.10 bits per heavy atom. The van der Waals surface area contributed by atoms with Gasteiger partial charge in [-0.25, -0.2) is 4.79 Å². The van der Waals surface area contributed by atoms with Crippen LogP contribution in [0.3, 0.4) is 0 Å². The van der Waals surface area contributed by atoms with Gasteiger partial charge in [-0.3, -0.25) is 14.7 Å². The van der Waals surface area contributed by atoms with E-state index in [4.69, 9.17) is 0 Å². The average molecular weight is 396 g/mol. The Bertz CT molecular complexity index is 530. The van der Waals surface area contributed by atoms with Crippen molar-refractivity contribution in [1.29, 1.82) is 0 Å². The number of amides is 1. The van der Waals surface area contributed by atoms with Crippen molar-refractivity contribution in [3.05, 3.63) is 11.3 Å². The molecule has 1 amide bonds. The first-order valence-electron chi connectivity index (χ1n) is 6.65. The van der Waals surface area contributed by atoms with Crippen LogP contribution in [0.15, 0.2) is 16.3 Å². The lowest BCUT2D eigenvalue weighted by Gasteiger charge is -2.47. The zero-order valence-corrected chi connectivity index (χ0v) is 14.5. The lowest BCUT2D eigenvalue weighted by Crippen LogP contribution is -2.64. The van der Waals surface area contributed by atoms with E-state index in [9.17, 15) is 14.7 Å². The topological polar surface area (TPSA) is 70.0 Å². The van der Waals surface area contributed by atoms with E-state index in [0.717, 1.165) is 37.0 Å². The van der Waals surface area contributed by atoms with E-state index >= 15 is 0 Å². The number of β-lactam (4-membered cyclic amide) rings is 1. The van der Waals surface area contributed by atoms with Crippen LogP contribution in [0.5, 0.6) is 0 Å². The van der Waals surface area contributed by atoms with Crippen LogP contribution >= 0.6 is 40.1 Å². The Morgan fingerprint density at radius 3 is 2.67 bits per heavy atom. The molecule has 5 nitrogen and oxygen atoms in total. The monoisotopic (exact) mass is 394 g/mol. The molecule has 21 heavy (non-hydrogen) atoms. The van der Waals surface area contributed by atoms with E-state index < -0.39 is 5.97 Å². The van der Waals surface area contributed by atoms with E-state index in [1.165, 1.54) is 4.90 Å². The summed E-state index contributed by atoms with van der Waals surface area (Å²) < 4.78 is 0. The molecule has 0 unspecified atom stereocenters. The molecule has 0 aromatic carbocycles. The maximum Gasteiger partial charge on any atom is 0.352 e. The summed E-state index contributed by atoms with van der Waals surface area (Å²) in [6.07, 6.45) is 4.26. The molecule has 0 aromatic heterocycles. The van der Waals surface area contributed by atoms with Crippen molar-refractivity contribution in [3.63, 3.8) is 0 Å². The molecular formula is C13H16BrClN2O3S. The van der Waals surface area contributed by atoms with Gasteiger partial charge in [-0.1, -0.05) is 15.9 Å². The lowest BCUT2D eigenvalue weighted by atomic mass is 10.0. The summed E-state index contributed by atoms with van der Waals surface area (Å²) >= 11 is 4.91. The number of thioether (sulfide) groups is 1. The van der Waals surface area contributed by atoms with Gasteiger partial charge in [0.1, 0.15) is 11.1 Å². The highest BCUT2D eigenvalue weighted by Gasteiger charge is 2.53. The van der Waals surface area contributed by atoms with E-state index in [-0.39, 0.29) is 35.4 Å². The third-order valence-corrected chi connectivity index (χ3v) is 5.89. The van der Waals surface area contributed by atoms with Gasteiger partial charge in [0.15, 0.2) is 6.04 Å². The number of rotatable bonds is 3. The van der Waals surface area contributed by atoms with Gasteiger partial charge in [-0.15, -0.1) is 24.2 Å². The number of aliphatic imine (C=N–C) groups is 1. The van der Waals surface area contributed by atoms with Crippen molar-refractivity contribution < 1.29 is 14.7 Å². The second-order valence-electron chi connectivity index (χ2n) is 5.15. The minimum absolute atomic E-state index is 0. The molecule has 2 atom stereocenters. The smallest absolute Gasteiger partial charge is 0.352 e. The molecule has 1 aliphatic carbocycles. The first-order valence-corrected chi connectivity index (χ1v) is 8.82. The fourth-order valence-electron chi connectivity index (χ4n) is 2.86. The number of aliphatic carboxylic acids is 1. The van der Waals surface area contributed by atoms with Gasteiger partial charge < -0.3 is 5.11 Å². The number of carboxylic acids is 1. The van der Waals surface area contributed by atoms with E-state index in [1.807, 2.05) is 0 Å². The number of hydrogen-bond donors (Lipinski definition) is 1. The Kier molecular flexibility index (Phi) is 5.38. The van der Waals surface area contributed by atoms with Crippen molar-refractivity contribution in [2.24, 2.45) is 4.99 Å². The van der Waals surface area contributed by atoms with Gasteiger partial charge in [0.25, 0.3) is 5.91 Å². The van der Waals surface area contributed by atoms with E-state index in [2.05, 4.69) is 20.9 Å². The lowest BCUT2D eigenvalue weighted by molar-refractivity contribution is -0.147. The van der Waals surface area contributed by atoms with Crippen LogP contribution in [0, 0.1) is 0 Å². The van der Waals surface area contributed by atoms with Crippen molar-refractivity contribution in [1.82, 2.24) is 4.90 Å². The van der Waals surface area contributed by atoms with Crippen LogP contribution in [0.2, 0.25) is 0 Å². The van der Waals surface area contributed by atoms with E-state index in [1.54, 1.807) is 11.8 Å². The minimum atomic E-state index is -1.02. The van der Waals surface area contributed by atoms with Crippen molar-refractivity contribution >= 4 is 57.7 Å². The fraction of sp³-hybridized carbons (Fsp3) is 0.615. The Balaban J connectivity index is 0.00000161. The standard InChI is InChI=1S/C13H15BrN2O3S.ClH/c14-5-7-6-20-12-9(15-8-3-1-2-4-8)11(17)16(12)10(7)13(18)19;/h9,12H,1-6H2,(H,18,19);1H/t9-,12-;/m1./s1. The third-order valence-electron chi connectivity index (χ3n) is 3.89. The largest absolute Gasteiger partial charge is 0.477 e. The summed E-state index contributed by atoms with van der Waals surface area (Å²) in [7, 11) is 0. The molecular weight excluding hydrogens is 380 g/mol. The summed E-state index contributed by atoms with van der Waals surface area (Å²) in [4.78, 5) is 29.6. The molecule has 1 saturated carbocycles. The second kappa shape index (κ2) is 6.71. The van der Waals surface area contributed by atoms with Gasteiger partial charge in [0.05, 0.1) is 0 Å². The molecule has 0 spiro atoms. The SMILES string of the molecule is Cl.O=C(O)C1=C(CBr)CS[C@@H]2[C@H](N=C3CCCC3)C(=O)N12. The third kappa shape index (κ3) is 2.87. The number of alkyl halides is 1. The summed E-state index contributed by atoms with van der Waals surface area (Å²) in [5.74, 6) is -0.551. The summed E-state index contributed by atoms with van der Waals surface area (Å²) in [5.41, 5.74) is 2.04. The quantitative estimate of drug-likeness (QED) is 0.588. The molecule has 2 fully saturated rings. The van der Waals surface area contributed by atoms with Gasteiger partial charge in [-0.2, -0.15) is 0 Å². The maximum absolute atomic E-state index is 12.3. The summed E-state index contributed by atoms with van der Waals surface area (Å²) in [5, 5.41) is 9.68. The van der Waals surface area contributed by atoms with Crippen molar-refractivity contribution in [3.8, 4) is 0 Å². The zero-order valence-electron chi connectivity index (χ0n) is 11.2. The van der Waals surface area contributed by atoms with Gasteiger partial charge in [0.2, 0.25) is 0 Å². The molecule has 1 saturated heterocycles. The number of fused-ring (bicyclic) bond motifs is 1.